The third-order valence-electron chi connectivity index (χ3n) is 4.99. The fraction of sp³-hybridized carbons (Fsp3) is 0.227. The fourth-order valence-corrected chi connectivity index (χ4v) is 4.99. The van der Waals surface area contributed by atoms with Crippen molar-refractivity contribution >= 4 is 63.0 Å². The Morgan fingerprint density at radius 2 is 1.72 bits per heavy atom. The number of benzene rings is 2. The van der Waals surface area contributed by atoms with Gasteiger partial charge in [0.25, 0.3) is 11.8 Å². The van der Waals surface area contributed by atoms with Gasteiger partial charge in [0.05, 0.1) is 22.7 Å². The van der Waals surface area contributed by atoms with E-state index < -0.39 is 0 Å². The van der Waals surface area contributed by atoms with Crippen molar-refractivity contribution in [3.8, 4) is 0 Å². The number of anilines is 1. The molecule has 1 saturated heterocycles. The molecule has 0 N–H and O–H groups in total. The Labute approximate surface area is 184 Å². The van der Waals surface area contributed by atoms with Gasteiger partial charge in [-0.15, -0.1) is 0 Å². The summed E-state index contributed by atoms with van der Waals surface area (Å²) in [7, 11) is 0. The molecule has 29 heavy (non-hydrogen) atoms. The molecule has 0 aliphatic carbocycles. The maximum absolute atomic E-state index is 13.4. The zero-order valence-electron chi connectivity index (χ0n) is 15.9. The van der Waals surface area contributed by atoms with Crippen molar-refractivity contribution in [1.29, 1.82) is 0 Å². The van der Waals surface area contributed by atoms with Crippen LogP contribution in [0.5, 0.6) is 0 Å². The summed E-state index contributed by atoms with van der Waals surface area (Å²) in [6.07, 6.45) is 1.85. The maximum Gasteiger partial charge on any atom is 0.267 e. The van der Waals surface area contributed by atoms with Crippen molar-refractivity contribution in [2.45, 2.75) is 26.3 Å². The molecule has 4 nitrogen and oxygen atoms in total. The number of unbranched alkanes of at least 4 members (excludes halogenated alkanes) is 1. The predicted octanol–water partition coefficient (Wildman–Crippen LogP) is 5.26. The van der Waals surface area contributed by atoms with E-state index in [1.54, 1.807) is 9.80 Å². The van der Waals surface area contributed by atoms with E-state index in [0.29, 0.717) is 32.9 Å². The van der Waals surface area contributed by atoms with E-state index in [4.69, 9.17) is 23.8 Å². The molecule has 0 bridgehead atoms. The zero-order valence-corrected chi connectivity index (χ0v) is 18.2. The number of halogens is 1. The smallest absolute Gasteiger partial charge is 0.267 e. The summed E-state index contributed by atoms with van der Waals surface area (Å²) < 4.78 is 0.521. The van der Waals surface area contributed by atoms with Crippen LogP contribution in [-0.4, -0.2) is 27.6 Å². The molecule has 2 amide bonds. The number of hydrogen-bond donors (Lipinski definition) is 0. The molecule has 0 saturated carbocycles. The second-order valence-electron chi connectivity index (χ2n) is 6.92. The summed E-state index contributed by atoms with van der Waals surface area (Å²) >= 11 is 12.6. The van der Waals surface area contributed by atoms with Crippen molar-refractivity contribution in [2.75, 3.05) is 11.4 Å². The molecule has 1 fully saturated rings. The van der Waals surface area contributed by atoms with Gasteiger partial charge >= 0.3 is 0 Å². The molecule has 0 unspecified atom stereocenters. The van der Waals surface area contributed by atoms with Crippen LogP contribution in [0, 0.1) is 0 Å². The third-order valence-corrected chi connectivity index (χ3v) is 6.69. The van der Waals surface area contributed by atoms with E-state index in [1.807, 2.05) is 48.5 Å². The first-order valence-electron chi connectivity index (χ1n) is 9.45. The minimum atomic E-state index is -0.169. The lowest BCUT2D eigenvalue weighted by Gasteiger charge is -2.17. The van der Waals surface area contributed by atoms with Gasteiger partial charge in [0.2, 0.25) is 0 Å². The van der Waals surface area contributed by atoms with Crippen LogP contribution in [-0.2, 0) is 16.1 Å². The van der Waals surface area contributed by atoms with E-state index in [0.717, 1.165) is 29.7 Å². The van der Waals surface area contributed by atoms with Gasteiger partial charge in [-0.3, -0.25) is 14.5 Å². The van der Waals surface area contributed by atoms with Crippen molar-refractivity contribution < 1.29 is 9.59 Å². The Hall–Kier alpha value is -2.15. The second-order valence-corrected chi connectivity index (χ2v) is 9.00. The van der Waals surface area contributed by atoms with E-state index in [9.17, 15) is 9.59 Å². The average molecular weight is 443 g/mol. The van der Waals surface area contributed by atoms with Crippen LogP contribution < -0.4 is 4.90 Å². The number of nitrogens with zero attached hydrogens (tertiary/aromatic N) is 2. The number of fused-ring (bicyclic) bond motifs is 1. The Bertz CT molecular complexity index is 1030. The van der Waals surface area contributed by atoms with Gasteiger partial charge in [0, 0.05) is 17.1 Å². The SMILES string of the molecule is CCCCN1C(=O)C(=C2C(=O)N(Cc3ccc(Cl)cc3)c3ccccc32)SC1=S. The molecule has 2 heterocycles. The quantitative estimate of drug-likeness (QED) is 0.468. The molecule has 148 valence electrons. The number of carbonyl (C=O) groups is 2. The van der Waals surface area contributed by atoms with E-state index in [2.05, 4.69) is 6.92 Å². The lowest BCUT2D eigenvalue weighted by atomic mass is 10.1. The van der Waals surface area contributed by atoms with Gasteiger partial charge in [0.1, 0.15) is 4.32 Å². The maximum atomic E-state index is 13.4. The number of hydrogen-bond acceptors (Lipinski definition) is 4. The highest BCUT2D eigenvalue weighted by molar-refractivity contribution is 8.26. The molecule has 0 aromatic heterocycles. The largest absolute Gasteiger partial charge is 0.303 e. The fourth-order valence-electron chi connectivity index (χ4n) is 3.49. The molecule has 7 heteroatoms. The normalized spacial score (nSPS) is 18.8. The molecule has 2 aliphatic rings. The van der Waals surface area contributed by atoms with Gasteiger partial charge in [-0.05, 0) is 30.2 Å². The highest BCUT2D eigenvalue weighted by Gasteiger charge is 2.41. The van der Waals surface area contributed by atoms with Crippen molar-refractivity contribution in [3.63, 3.8) is 0 Å². The van der Waals surface area contributed by atoms with Gasteiger partial charge in [-0.25, -0.2) is 0 Å². The standard InChI is InChI=1S/C22H19ClN2O2S2/c1-2-3-12-24-21(27)19(29-22(24)28)18-16-6-4-5-7-17(16)25(20(18)26)13-14-8-10-15(23)11-9-14/h4-11H,2-3,12-13H2,1H3. The lowest BCUT2D eigenvalue weighted by molar-refractivity contribution is -0.122. The van der Waals surface area contributed by atoms with Crippen LogP contribution in [0.3, 0.4) is 0 Å². The molecule has 2 aromatic carbocycles. The van der Waals surface area contributed by atoms with Crippen molar-refractivity contribution in [2.24, 2.45) is 0 Å². The first kappa shape index (κ1) is 20.1. The number of thiocarbonyl (C=S) groups is 1. The second kappa shape index (κ2) is 8.30. The van der Waals surface area contributed by atoms with Crippen LogP contribution in [0.25, 0.3) is 5.57 Å². The van der Waals surface area contributed by atoms with Gasteiger partial charge in [0.15, 0.2) is 0 Å². The molecule has 0 spiro atoms. The number of thioether (sulfide) groups is 1. The first-order chi connectivity index (χ1) is 14.0. The summed E-state index contributed by atoms with van der Waals surface area (Å²) in [6, 6.07) is 15.0. The number of rotatable bonds is 5. The molecular formula is C22H19ClN2O2S2. The highest BCUT2D eigenvalue weighted by atomic mass is 35.5. The number of para-hydroxylation sites is 1. The number of amides is 2. The van der Waals surface area contributed by atoms with Crippen LogP contribution >= 0.6 is 35.6 Å². The minimum Gasteiger partial charge on any atom is -0.303 e. The van der Waals surface area contributed by atoms with Crippen molar-refractivity contribution in [3.05, 3.63) is 69.6 Å². The Morgan fingerprint density at radius 3 is 2.45 bits per heavy atom. The van der Waals surface area contributed by atoms with E-state index >= 15 is 0 Å². The molecular weight excluding hydrogens is 424 g/mol. The van der Waals surface area contributed by atoms with Crippen LogP contribution in [0.4, 0.5) is 5.69 Å². The Balaban J connectivity index is 1.73. The summed E-state index contributed by atoms with van der Waals surface area (Å²) in [4.78, 5) is 30.2. The summed E-state index contributed by atoms with van der Waals surface area (Å²) in [5.74, 6) is -0.336. The molecule has 4 rings (SSSR count). The summed E-state index contributed by atoms with van der Waals surface area (Å²) in [5, 5.41) is 0.651. The summed E-state index contributed by atoms with van der Waals surface area (Å²) in [5.41, 5.74) is 3.00. The van der Waals surface area contributed by atoms with Crippen LogP contribution in [0.15, 0.2) is 53.4 Å². The summed E-state index contributed by atoms with van der Waals surface area (Å²) in [6.45, 7) is 3.07. The number of carbonyl (C=O) groups excluding carboxylic acids is 2. The van der Waals surface area contributed by atoms with Gasteiger partial charge in [-0.1, -0.05) is 79.3 Å². The molecule has 2 aromatic rings. The first-order valence-corrected chi connectivity index (χ1v) is 11.0. The molecule has 2 aliphatic heterocycles. The molecule has 0 atom stereocenters. The zero-order chi connectivity index (χ0) is 20.5. The topological polar surface area (TPSA) is 40.6 Å². The van der Waals surface area contributed by atoms with E-state index in [-0.39, 0.29) is 11.8 Å². The van der Waals surface area contributed by atoms with Gasteiger partial charge < -0.3 is 4.90 Å². The Morgan fingerprint density at radius 1 is 1.00 bits per heavy atom. The predicted molar refractivity (Wildman–Crippen MR) is 123 cm³/mol. The monoisotopic (exact) mass is 442 g/mol. The van der Waals surface area contributed by atoms with E-state index in [1.165, 1.54) is 11.8 Å². The lowest BCUT2D eigenvalue weighted by Crippen LogP contribution is -2.30. The van der Waals surface area contributed by atoms with Gasteiger partial charge in [-0.2, -0.15) is 0 Å². The molecule has 0 radical (unpaired) electrons. The highest BCUT2D eigenvalue weighted by Crippen LogP contribution is 2.45. The van der Waals surface area contributed by atoms with Crippen molar-refractivity contribution in [1.82, 2.24) is 4.90 Å². The Kier molecular flexibility index (Phi) is 5.76. The minimum absolute atomic E-state index is 0.167. The van der Waals surface area contributed by atoms with Crippen LogP contribution in [0.2, 0.25) is 5.02 Å². The van der Waals surface area contributed by atoms with Crippen LogP contribution in [0.1, 0.15) is 30.9 Å². The average Bonchev–Trinajstić information content (AvgIpc) is 3.15. The third kappa shape index (κ3) is 3.72.